The molecular weight excluding hydrogens is 162 g/mol. The monoisotopic (exact) mass is 169 g/mol. The van der Waals surface area contributed by atoms with E-state index >= 15 is 0 Å². The lowest BCUT2D eigenvalue weighted by molar-refractivity contribution is 0.0696. The summed E-state index contributed by atoms with van der Waals surface area (Å²) in [5, 5.41) is 8.60. The average molecular weight is 169 g/mol. The van der Waals surface area contributed by atoms with Gasteiger partial charge in [-0.25, -0.2) is 9.59 Å². The van der Waals surface area contributed by atoms with Gasteiger partial charge in [0, 0.05) is 5.69 Å². The van der Waals surface area contributed by atoms with Gasteiger partial charge in [-0.3, -0.25) is 0 Å². The van der Waals surface area contributed by atoms with Crippen LogP contribution >= 0.6 is 0 Å². The van der Waals surface area contributed by atoms with Crippen LogP contribution < -0.4 is 11.4 Å². The smallest absolute Gasteiger partial charge is 0.347 e. The normalized spacial score (nSPS) is 9.75. The van der Waals surface area contributed by atoms with E-state index in [4.69, 9.17) is 10.8 Å². The zero-order valence-electron chi connectivity index (χ0n) is 6.29. The second-order valence-electron chi connectivity index (χ2n) is 2.23. The SMILES string of the molecule is Cc1[nH]c(=O)nc(N)c1C(=O)O. The minimum Gasteiger partial charge on any atom is -0.477 e. The summed E-state index contributed by atoms with van der Waals surface area (Å²) in [4.78, 5) is 26.6. The molecule has 0 bridgehead atoms. The van der Waals surface area contributed by atoms with Gasteiger partial charge in [0.15, 0.2) is 0 Å². The van der Waals surface area contributed by atoms with Gasteiger partial charge in [-0.05, 0) is 6.92 Å². The van der Waals surface area contributed by atoms with Crippen LogP contribution in [0.25, 0.3) is 0 Å². The molecule has 0 amide bonds. The Morgan fingerprint density at radius 3 is 2.67 bits per heavy atom. The predicted octanol–water partition coefficient (Wildman–Crippen LogP) is -0.641. The van der Waals surface area contributed by atoms with E-state index in [9.17, 15) is 9.59 Å². The molecule has 0 unspecified atom stereocenters. The molecule has 1 aromatic rings. The fourth-order valence-corrected chi connectivity index (χ4v) is 0.878. The van der Waals surface area contributed by atoms with E-state index in [1.165, 1.54) is 6.92 Å². The number of nitrogens with one attached hydrogen (secondary N) is 1. The second-order valence-corrected chi connectivity index (χ2v) is 2.23. The van der Waals surface area contributed by atoms with Gasteiger partial charge in [0.1, 0.15) is 11.4 Å². The Kier molecular flexibility index (Phi) is 1.82. The van der Waals surface area contributed by atoms with Crippen molar-refractivity contribution in [2.45, 2.75) is 6.92 Å². The second kappa shape index (κ2) is 2.65. The van der Waals surface area contributed by atoms with Gasteiger partial charge in [-0.1, -0.05) is 0 Å². The van der Waals surface area contributed by atoms with Crippen LogP contribution in [-0.4, -0.2) is 21.0 Å². The summed E-state index contributed by atoms with van der Waals surface area (Å²) in [7, 11) is 0. The first-order valence-corrected chi connectivity index (χ1v) is 3.12. The molecule has 0 saturated carbocycles. The molecule has 1 heterocycles. The van der Waals surface area contributed by atoms with Crippen molar-refractivity contribution in [3.63, 3.8) is 0 Å². The number of rotatable bonds is 1. The molecule has 0 spiro atoms. The quantitative estimate of drug-likeness (QED) is 0.518. The van der Waals surface area contributed by atoms with Gasteiger partial charge < -0.3 is 15.8 Å². The minimum absolute atomic E-state index is 0.158. The maximum Gasteiger partial charge on any atom is 0.347 e. The Hall–Kier alpha value is -1.85. The number of aromatic amines is 1. The van der Waals surface area contributed by atoms with Crippen LogP contribution in [0.15, 0.2) is 4.79 Å². The molecule has 0 saturated heterocycles. The van der Waals surface area contributed by atoms with E-state index in [2.05, 4.69) is 9.97 Å². The van der Waals surface area contributed by atoms with Gasteiger partial charge in [0.05, 0.1) is 0 Å². The molecule has 64 valence electrons. The summed E-state index contributed by atoms with van der Waals surface area (Å²) in [5.41, 5.74) is 4.62. The van der Waals surface area contributed by atoms with E-state index in [-0.39, 0.29) is 17.1 Å². The highest BCUT2D eigenvalue weighted by Gasteiger charge is 2.13. The highest BCUT2D eigenvalue weighted by molar-refractivity contribution is 5.93. The number of nitrogen functional groups attached to an aromatic ring is 1. The topological polar surface area (TPSA) is 109 Å². The van der Waals surface area contributed by atoms with E-state index in [1.807, 2.05) is 0 Å². The summed E-state index contributed by atoms with van der Waals surface area (Å²) in [6, 6.07) is 0. The zero-order valence-corrected chi connectivity index (χ0v) is 6.29. The van der Waals surface area contributed by atoms with Crippen LogP contribution in [0, 0.1) is 6.92 Å². The molecule has 0 aliphatic heterocycles. The van der Waals surface area contributed by atoms with Crippen molar-refractivity contribution in [2.75, 3.05) is 5.73 Å². The number of nitrogens with zero attached hydrogens (tertiary/aromatic N) is 1. The van der Waals surface area contributed by atoms with Gasteiger partial charge in [-0.15, -0.1) is 0 Å². The number of hydrogen-bond acceptors (Lipinski definition) is 4. The molecule has 1 rings (SSSR count). The number of H-pyrrole nitrogens is 1. The number of hydrogen-bond donors (Lipinski definition) is 3. The van der Waals surface area contributed by atoms with Crippen molar-refractivity contribution in [2.24, 2.45) is 0 Å². The Balaban J connectivity index is 3.48. The Bertz CT molecular complexity index is 356. The summed E-state index contributed by atoms with van der Waals surface area (Å²) in [6.45, 7) is 1.45. The number of nitrogens with two attached hydrogens (primary N) is 1. The maximum absolute atomic E-state index is 10.6. The molecule has 6 heteroatoms. The third-order valence-corrected chi connectivity index (χ3v) is 1.36. The van der Waals surface area contributed by atoms with E-state index in [1.54, 1.807) is 0 Å². The van der Waals surface area contributed by atoms with Crippen molar-refractivity contribution in [3.8, 4) is 0 Å². The zero-order chi connectivity index (χ0) is 9.30. The Morgan fingerprint density at radius 2 is 2.25 bits per heavy atom. The third-order valence-electron chi connectivity index (χ3n) is 1.36. The van der Waals surface area contributed by atoms with E-state index in [0.29, 0.717) is 0 Å². The maximum atomic E-state index is 10.6. The molecule has 0 aromatic carbocycles. The van der Waals surface area contributed by atoms with Crippen molar-refractivity contribution in [1.82, 2.24) is 9.97 Å². The largest absolute Gasteiger partial charge is 0.477 e. The summed E-state index contributed by atoms with van der Waals surface area (Å²) >= 11 is 0. The van der Waals surface area contributed by atoms with E-state index < -0.39 is 11.7 Å². The number of aromatic carboxylic acids is 1. The van der Waals surface area contributed by atoms with Crippen LogP contribution in [0.2, 0.25) is 0 Å². The van der Waals surface area contributed by atoms with Gasteiger partial charge in [0.2, 0.25) is 0 Å². The summed E-state index contributed by atoms with van der Waals surface area (Å²) in [6.07, 6.45) is 0. The number of aryl methyl sites for hydroxylation is 1. The lowest BCUT2D eigenvalue weighted by atomic mass is 10.2. The first-order chi connectivity index (χ1) is 5.52. The standard InChI is InChI=1S/C6H7N3O3/c1-2-3(5(10)11)4(7)9-6(12)8-2/h1H3,(H,10,11)(H3,7,8,9,12). The molecule has 12 heavy (non-hydrogen) atoms. The van der Waals surface area contributed by atoms with Gasteiger partial charge in [-0.2, -0.15) is 4.98 Å². The lowest BCUT2D eigenvalue weighted by Crippen LogP contribution is -2.19. The van der Waals surface area contributed by atoms with Crippen LogP contribution in [-0.2, 0) is 0 Å². The van der Waals surface area contributed by atoms with Crippen molar-refractivity contribution < 1.29 is 9.90 Å². The first kappa shape index (κ1) is 8.25. The van der Waals surface area contributed by atoms with Crippen molar-refractivity contribution >= 4 is 11.8 Å². The van der Waals surface area contributed by atoms with E-state index in [0.717, 1.165) is 0 Å². The molecular formula is C6H7N3O3. The van der Waals surface area contributed by atoms with Crippen LogP contribution in [0.3, 0.4) is 0 Å². The van der Waals surface area contributed by atoms with Crippen LogP contribution in [0.4, 0.5) is 5.82 Å². The molecule has 0 aliphatic carbocycles. The molecule has 4 N–H and O–H groups in total. The van der Waals surface area contributed by atoms with Crippen LogP contribution in [0.5, 0.6) is 0 Å². The first-order valence-electron chi connectivity index (χ1n) is 3.12. The number of carboxylic acid groups (broad SMARTS) is 1. The molecule has 0 radical (unpaired) electrons. The number of anilines is 1. The van der Waals surface area contributed by atoms with Crippen LogP contribution in [0.1, 0.15) is 16.1 Å². The number of aromatic nitrogens is 2. The van der Waals surface area contributed by atoms with Crippen molar-refractivity contribution in [3.05, 3.63) is 21.7 Å². The molecule has 1 aromatic heterocycles. The van der Waals surface area contributed by atoms with Gasteiger partial charge in [0.25, 0.3) is 0 Å². The fraction of sp³-hybridized carbons (Fsp3) is 0.167. The van der Waals surface area contributed by atoms with Gasteiger partial charge >= 0.3 is 11.7 Å². The molecule has 0 fully saturated rings. The molecule has 0 aliphatic rings. The van der Waals surface area contributed by atoms with Crippen molar-refractivity contribution in [1.29, 1.82) is 0 Å². The molecule has 0 atom stereocenters. The summed E-state index contributed by atoms with van der Waals surface area (Å²) in [5.74, 6) is -1.46. The minimum atomic E-state index is -1.20. The Morgan fingerprint density at radius 1 is 1.67 bits per heavy atom. The fourth-order valence-electron chi connectivity index (χ4n) is 0.878. The highest BCUT2D eigenvalue weighted by atomic mass is 16.4. The lowest BCUT2D eigenvalue weighted by Gasteiger charge is -2.01. The predicted molar refractivity (Wildman–Crippen MR) is 41.0 cm³/mol. The number of carboxylic acids is 1. The highest BCUT2D eigenvalue weighted by Crippen LogP contribution is 2.08. The average Bonchev–Trinajstić information content (AvgIpc) is 1.82. The third kappa shape index (κ3) is 1.26. The summed E-state index contributed by atoms with van der Waals surface area (Å²) < 4.78 is 0. The Labute approximate surface area is 67.1 Å². The number of carbonyl (C=O) groups is 1. The molecule has 6 nitrogen and oxygen atoms in total.